The van der Waals surface area contributed by atoms with Crippen LogP contribution in [0.5, 0.6) is 0 Å². The molecule has 0 saturated heterocycles. The largest absolute Gasteiger partial charge is 0.385 e. The van der Waals surface area contributed by atoms with Gasteiger partial charge >= 0.3 is 0 Å². The maximum absolute atomic E-state index is 11.2. The fraction of sp³-hybridized carbons (Fsp3) is 0.357. The molecule has 1 aromatic heterocycles. The van der Waals surface area contributed by atoms with Crippen LogP contribution in [0.4, 0.5) is 5.69 Å². The first-order valence-corrected chi connectivity index (χ1v) is 9.28. The van der Waals surface area contributed by atoms with E-state index in [-0.39, 0.29) is 5.75 Å². The maximum atomic E-state index is 11.2. The topological polar surface area (TPSA) is 59.1 Å². The van der Waals surface area contributed by atoms with E-state index in [0.29, 0.717) is 5.01 Å². The van der Waals surface area contributed by atoms with Crippen molar-refractivity contribution in [2.75, 3.05) is 18.1 Å². The SMILES string of the molecule is Cc1ccc(NCCc2csc(CS(C)(=O)=O)n2)cc1. The Labute approximate surface area is 123 Å². The van der Waals surface area contributed by atoms with E-state index < -0.39 is 9.84 Å². The number of anilines is 1. The number of hydrogen-bond acceptors (Lipinski definition) is 5. The molecule has 6 heteroatoms. The summed E-state index contributed by atoms with van der Waals surface area (Å²) in [4.78, 5) is 4.34. The lowest BCUT2D eigenvalue weighted by molar-refractivity contribution is 0.601. The minimum absolute atomic E-state index is 0.0308. The van der Waals surface area contributed by atoms with E-state index in [9.17, 15) is 8.42 Å². The summed E-state index contributed by atoms with van der Waals surface area (Å²) in [6.07, 6.45) is 2.02. The molecular weight excluding hydrogens is 292 g/mol. The first-order valence-electron chi connectivity index (χ1n) is 6.34. The summed E-state index contributed by atoms with van der Waals surface area (Å²) in [6.45, 7) is 2.84. The van der Waals surface area contributed by atoms with Gasteiger partial charge in [0.25, 0.3) is 0 Å². The van der Waals surface area contributed by atoms with E-state index in [1.54, 1.807) is 0 Å². The van der Waals surface area contributed by atoms with Crippen molar-refractivity contribution in [2.24, 2.45) is 0 Å². The van der Waals surface area contributed by atoms with Crippen molar-refractivity contribution in [1.29, 1.82) is 0 Å². The Bertz CT molecular complexity index is 661. The van der Waals surface area contributed by atoms with Gasteiger partial charge in [-0.2, -0.15) is 0 Å². The molecule has 1 aromatic carbocycles. The van der Waals surface area contributed by atoms with Gasteiger partial charge in [-0.3, -0.25) is 0 Å². The van der Waals surface area contributed by atoms with E-state index in [1.165, 1.54) is 23.2 Å². The maximum Gasteiger partial charge on any atom is 0.153 e. The van der Waals surface area contributed by atoms with E-state index >= 15 is 0 Å². The average molecular weight is 310 g/mol. The molecule has 0 unspecified atom stereocenters. The Balaban J connectivity index is 1.84. The van der Waals surface area contributed by atoms with Crippen LogP contribution in [0.1, 0.15) is 16.3 Å². The molecule has 0 aliphatic carbocycles. The molecule has 108 valence electrons. The Morgan fingerprint density at radius 1 is 1.25 bits per heavy atom. The van der Waals surface area contributed by atoms with Crippen LogP contribution >= 0.6 is 11.3 Å². The van der Waals surface area contributed by atoms with Crippen molar-refractivity contribution < 1.29 is 8.42 Å². The molecule has 0 fully saturated rings. The molecule has 4 nitrogen and oxygen atoms in total. The third-order valence-corrected chi connectivity index (χ3v) is 4.62. The van der Waals surface area contributed by atoms with E-state index in [1.807, 2.05) is 17.5 Å². The highest BCUT2D eigenvalue weighted by Gasteiger charge is 2.08. The third-order valence-electron chi connectivity index (χ3n) is 2.75. The third kappa shape index (κ3) is 4.94. The molecule has 2 aromatic rings. The highest BCUT2D eigenvalue weighted by atomic mass is 32.2. The number of aromatic nitrogens is 1. The second-order valence-electron chi connectivity index (χ2n) is 4.85. The Hall–Kier alpha value is -1.40. The van der Waals surface area contributed by atoms with Crippen LogP contribution in [0.2, 0.25) is 0 Å². The summed E-state index contributed by atoms with van der Waals surface area (Å²) in [7, 11) is -3.00. The molecule has 1 heterocycles. The van der Waals surface area contributed by atoms with Crippen molar-refractivity contribution in [1.82, 2.24) is 4.98 Å². The van der Waals surface area contributed by atoms with Crippen molar-refractivity contribution >= 4 is 26.9 Å². The lowest BCUT2D eigenvalue weighted by atomic mass is 10.2. The Kier molecular flexibility index (Phi) is 4.77. The first kappa shape index (κ1) is 15.0. The number of aryl methyl sites for hydroxylation is 1. The van der Waals surface area contributed by atoms with Crippen LogP contribution in [0, 0.1) is 6.92 Å². The van der Waals surface area contributed by atoms with Gasteiger partial charge in [0.15, 0.2) is 9.84 Å². The summed E-state index contributed by atoms with van der Waals surface area (Å²) in [5.41, 5.74) is 3.26. The van der Waals surface area contributed by atoms with Crippen molar-refractivity contribution in [2.45, 2.75) is 19.1 Å². The number of thiazole rings is 1. The average Bonchev–Trinajstić information content (AvgIpc) is 2.77. The quantitative estimate of drug-likeness (QED) is 0.891. The zero-order valence-electron chi connectivity index (χ0n) is 11.6. The predicted molar refractivity (Wildman–Crippen MR) is 84.0 cm³/mol. The second-order valence-corrected chi connectivity index (χ2v) is 7.93. The van der Waals surface area contributed by atoms with Crippen molar-refractivity contribution in [3.8, 4) is 0 Å². The van der Waals surface area contributed by atoms with Crippen LogP contribution in [0.3, 0.4) is 0 Å². The summed E-state index contributed by atoms with van der Waals surface area (Å²) in [6, 6.07) is 8.22. The molecule has 0 radical (unpaired) electrons. The van der Waals surface area contributed by atoms with Crippen LogP contribution < -0.4 is 5.32 Å². The molecule has 0 bridgehead atoms. The molecule has 0 spiro atoms. The molecule has 2 rings (SSSR count). The summed E-state index contributed by atoms with van der Waals surface area (Å²) in [5.74, 6) is 0.0308. The molecule has 0 atom stereocenters. The summed E-state index contributed by atoms with van der Waals surface area (Å²) >= 11 is 1.41. The zero-order chi connectivity index (χ0) is 14.6. The van der Waals surface area contributed by atoms with Gasteiger partial charge in [0.05, 0.1) is 5.69 Å². The van der Waals surface area contributed by atoms with Gasteiger partial charge in [0.2, 0.25) is 0 Å². The van der Waals surface area contributed by atoms with Gasteiger partial charge < -0.3 is 5.32 Å². The lowest BCUT2D eigenvalue weighted by Gasteiger charge is -2.05. The number of nitrogens with zero attached hydrogens (tertiary/aromatic N) is 1. The predicted octanol–water partition coefficient (Wildman–Crippen LogP) is 2.65. The standard InChI is InChI=1S/C14H18N2O2S2/c1-11-3-5-12(6-4-11)15-8-7-13-9-19-14(16-13)10-20(2,17)18/h3-6,9,15H,7-8,10H2,1-2H3. The van der Waals surface area contributed by atoms with Crippen LogP contribution in [-0.2, 0) is 22.0 Å². The number of nitrogens with one attached hydrogen (secondary N) is 1. The van der Waals surface area contributed by atoms with Crippen molar-refractivity contribution in [3.05, 3.63) is 45.9 Å². The Morgan fingerprint density at radius 2 is 1.95 bits per heavy atom. The van der Waals surface area contributed by atoms with Gasteiger partial charge in [0, 0.05) is 30.3 Å². The monoisotopic (exact) mass is 310 g/mol. The Morgan fingerprint density at radius 3 is 2.60 bits per heavy atom. The molecule has 0 aliphatic rings. The van der Waals surface area contributed by atoms with E-state index in [2.05, 4.69) is 29.4 Å². The fourth-order valence-corrected chi connectivity index (χ4v) is 3.80. The number of rotatable bonds is 6. The minimum atomic E-state index is -3.00. The number of benzene rings is 1. The molecule has 0 saturated carbocycles. The fourth-order valence-electron chi connectivity index (χ4n) is 1.76. The zero-order valence-corrected chi connectivity index (χ0v) is 13.2. The van der Waals surface area contributed by atoms with Crippen molar-refractivity contribution in [3.63, 3.8) is 0 Å². The molecule has 20 heavy (non-hydrogen) atoms. The van der Waals surface area contributed by atoms with Crippen LogP contribution in [0.15, 0.2) is 29.6 Å². The van der Waals surface area contributed by atoms with Gasteiger partial charge in [-0.1, -0.05) is 17.7 Å². The summed E-state index contributed by atoms with van der Waals surface area (Å²) in [5, 5.41) is 5.92. The minimum Gasteiger partial charge on any atom is -0.385 e. The molecule has 1 N–H and O–H groups in total. The van der Waals surface area contributed by atoms with Gasteiger partial charge in [-0.05, 0) is 19.1 Å². The molecular formula is C14H18N2O2S2. The van der Waals surface area contributed by atoms with Gasteiger partial charge in [-0.15, -0.1) is 11.3 Å². The highest BCUT2D eigenvalue weighted by Crippen LogP contribution is 2.14. The van der Waals surface area contributed by atoms with Gasteiger partial charge in [-0.25, -0.2) is 13.4 Å². The van der Waals surface area contributed by atoms with Gasteiger partial charge in [0.1, 0.15) is 10.8 Å². The smallest absolute Gasteiger partial charge is 0.153 e. The first-order chi connectivity index (χ1) is 9.42. The number of sulfone groups is 1. The van der Waals surface area contributed by atoms with Crippen LogP contribution in [0.25, 0.3) is 0 Å². The van der Waals surface area contributed by atoms with Crippen LogP contribution in [-0.4, -0.2) is 26.2 Å². The molecule has 0 aliphatic heterocycles. The lowest BCUT2D eigenvalue weighted by Crippen LogP contribution is -2.05. The second kappa shape index (κ2) is 6.37. The normalized spacial score (nSPS) is 11.5. The van der Waals surface area contributed by atoms with E-state index in [4.69, 9.17) is 0 Å². The number of hydrogen-bond donors (Lipinski definition) is 1. The molecule has 0 amide bonds. The highest BCUT2D eigenvalue weighted by molar-refractivity contribution is 7.90. The van der Waals surface area contributed by atoms with E-state index in [0.717, 1.165) is 24.3 Å². The summed E-state index contributed by atoms with van der Waals surface area (Å²) < 4.78 is 22.4.